The molecule has 1 aliphatic rings. The number of hydrogen-bond acceptors (Lipinski definition) is 1. The van der Waals surface area contributed by atoms with Crippen molar-refractivity contribution in [3.63, 3.8) is 0 Å². The molecule has 2 aromatic rings. The van der Waals surface area contributed by atoms with E-state index in [4.69, 9.17) is 12.2 Å². The van der Waals surface area contributed by atoms with Crippen molar-refractivity contribution in [2.45, 2.75) is 39.2 Å². The number of benzene rings is 1. The molecule has 1 saturated carbocycles. The van der Waals surface area contributed by atoms with Gasteiger partial charge in [-0.3, -0.25) is 0 Å². The summed E-state index contributed by atoms with van der Waals surface area (Å²) in [7, 11) is 0. The minimum Gasteiger partial charge on any atom is -0.331 e. The van der Waals surface area contributed by atoms with Crippen LogP contribution in [0.25, 0.3) is 11.0 Å². The van der Waals surface area contributed by atoms with Gasteiger partial charge in [-0.15, -0.1) is 0 Å². The molecule has 102 valence electrons. The van der Waals surface area contributed by atoms with E-state index in [1.54, 1.807) is 0 Å². The van der Waals surface area contributed by atoms with E-state index in [9.17, 15) is 0 Å². The largest absolute Gasteiger partial charge is 0.331 e. The second-order valence-electron chi connectivity index (χ2n) is 5.80. The standard InChI is InChI=1S/C15H19BrN2S/c1-9-4-3-5-13(10(9)2)18-14-8-11(16)6-7-12(14)17-15(18)19/h6-10,13H,3-5H2,1-2H3,(H,17,19). The third kappa shape index (κ3) is 2.29. The average molecular weight is 339 g/mol. The van der Waals surface area contributed by atoms with Crippen molar-refractivity contribution in [2.24, 2.45) is 11.8 Å². The molecule has 1 aromatic carbocycles. The van der Waals surface area contributed by atoms with E-state index in [0.29, 0.717) is 12.0 Å². The van der Waals surface area contributed by atoms with Crippen molar-refractivity contribution in [2.75, 3.05) is 0 Å². The molecule has 1 aliphatic carbocycles. The highest BCUT2D eigenvalue weighted by Gasteiger charge is 2.29. The summed E-state index contributed by atoms with van der Waals surface area (Å²) >= 11 is 9.13. The minimum absolute atomic E-state index is 0.527. The lowest BCUT2D eigenvalue weighted by Crippen LogP contribution is -2.27. The van der Waals surface area contributed by atoms with Gasteiger partial charge in [-0.2, -0.15) is 0 Å². The van der Waals surface area contributed by atoms with E-state index in [-0.39, 0.29) is 0 Å². The van der Waals surface area contributed by atoms with Gasteiger partial charge in [-0.05, 0) is 48.7 Å². The molecular formula is C15H19BrN2S. The lowest BCUT2D eigenvalue weighted by Gasteiger charge is -2.35. The zero-order valence-electron chi connectivity index (χ0n) is 11.3. The molecule has 0 amide bonds. The molecule has 1 N–H and O–H groups in total. The van der Waals surface area contributed by atoms with Crippen LogP contribution in [0, 0.1) is 16.6 Å². The SMILES string of the molecule is CC1CCCC(n2c(=S)[nH]c3ccc(Br)cc32)C1C. The predicted molar refractivity (Wildman–Crippen MR) is 86.0 cm³/mol. The van der Waals surface area contributed by atoms with Gasteiger partial charge in [0.1, 0.15) is 0 Å². The maximum atomic E-state index is 5.56. The van der Waals surface area contributed by atoms with Crippen LogP contribution in [0.5, 0.6) is 0 Å². The number of halogens is 1. The molecule has 0 spiro atoms. The maximum Gasteiger partial charge on any atom is 0.178 e. The molecule has 0 bridgehead atoms. The Morgan fingerprint density at radius 3 is 2.89 bits per heavy atom. The Labute approximate surface area is 127 Å². The van der Waals surface area contributed by atoms with Crippen LogP contribution in [0.4, 0.5) is 0 Å². The molecule has 2 nitrogen and oxygen atoms in total. The second-order valence-corrected chi connectivity index (χ2v) is 7.10. The summed E-state index contributed by atoms with van der Waals surface area (Å²) in [6.45, 7) is 4.73. The number of H-pyrrole nitrogens is 1. The van der Waals surface area contributed by atoms with Crippen molar-refractivity contribution in [3.8, 4) is 0 Å². The van der Waals surface area contributed by atoms with Gasteiger partial charge in [0.05, 0.1) is 11.0 Å². The van der Waals surface area contributed by atoms with Crippen molar-refractivity contribution in [1.29, 1.82) is 0 Å². The molecule has 0 radical (unpaired) electrons. The number of nitrogens with zero attached hydrogens (tertiary/aromatic N) is 1. The molecule has 4 heteroatoms. The summed E-state index contributed by atoms with van der Waals surface area (Å²) in [6.07, 6.45) is 3.88. The Hall–Kier alpha value is -0.610. The quantitative estimate of drug-likeness (QED) is 0.684. The molecule has 1 fully saturated rings. The number of aromatic amines is 1. The topological polar surface area (TPSA) is 20.7 Å². The first kappa shape index (κ1) is 13.4. The third-order valence-electron chi connectivity index (χ3n) is 4.68. The average Bonchev–Trinajstić information content (AvgIpc) is 2.69. The van der Waals surface area contributed by atoms with Gasteiger partial charge >= 0.3 is 0 Å². The lowest BCUT2D eigenvalue weighted by atomic mass is 9.78. The van der Waals surface area contributed by atoms with Gasteiger partial charge in [-0.25, -0.2) is 0 Å². The molecule has 0 aliphatic heterocycles. The number of imidazole rings is 1. The lowest BCUT2D eigenvalue weighted by molar-refractivity contribution is 0.188. The smallest absolute Gasteiger partial charge is 0.178 e. The zero-order valence-corrected chi connectivity index (χ0v) is 13.7. The number of rotatable bonds is 1. The minimum atomic E-state index is 0.527. The van der Waals surface area contributed by atoms with Crippen LogP contribution in [-0.2, 0) is 0 Å². The van der Waals surface area contributed by atoms with E-state index in [0.717, 1.165) is 20.7 Å². The molecule has 1 aromatic heterocycles. The van der Waals surface area contributed by atoms with Crippen molar-refractivity contribution in [3.05, 3.63) is 27.4 Å². The molecule has 3 rings (SSSR count). The summed E-state index contributed by atoms with van der Waals surface area (Å²) in [4.78, 5) is 3.34. The van der Waals surface area contributed by atoms with Crippen molar-refractivity contribution < 1.29 is 0 Å². The van der Waals surface area contributed by atoms with Crippen LogP contribution in [0.1, 0.15) is 39.2 Å². The van der Waals surface area contributed by atoms with E-state index in [2.05, 4.69) is 57.5 Å². The summed E-state index contributed by atoms with van der Waals surface area (Å²) < 4.78 is 4.31. The van der Waals surface area contributed by atoms with Crippen LogP contribution in [0.2, 0.25) is 0 Å². The Bertz CT molecular complexity index is 658. The van der Waals surface area contributed by atoms with Gasteiger partial charge < -0.3 is 9.55 Å². The first-order valence-corrected chi connectivity index (χ1v) is 8.18. The summed E-state index contributed by atoms with van der Waals surface area (Å²) in [6, 6.07) is 6.86. The fraction of sp³-hybridized carbons (Fsp3) is 0.533. The maximum absolute atomic E-state index is 5.56. The van der Waals surface area contributed by atoms with Crippen molar-refractivity contribution in [1.82, 2.24) is 9.55 Å². The van der Waals surface area contributed by atoms with Gasteiger partial charge in [-0.1, -0.05) is 42.6 Å². The number of hydrogen-bond donors (Lipinski definition) is 1. The molecular weight excluding hydrogens is 320 g/mol. The van der Waals surface area contributed by atoms with E-state index in [1.807, 2.05) is 0 Å². The normalized spacial score (nSPS) is 27.8. The van der Waals surface area contributed by atoms with E-state index < -0.39 is 0 Å². The molecule has 0 saturated heterocycles. The highest BCUT2D eigenvalue weighted by molar-refractivity contribution is 9.10. The van der Waals surface area contributed by atoms with Gasteiger partial charge in [0.2, 0.25) is 0 Å². The number of nitrogens with one attached hydrogen (secondary N) is 1. The first-order valence-electron chi connectivity index (χ1n) is 6.97. The summed E-state index contributed by atoms with van der Waals surface area (Å²) in [5.41, 5.74) is 2.36. The highest BCUT2D eigenvalue weighted by atomic mass is 79.9. The Morgan fingerprint density at radius 1 is 1.32 bits per heavy atom. The summed E-state index contributed by atoms with van der Waals surface area (Å²) in [5.74, 6) is 1.45. The van der Waals surface area contributed by atoms with Crippen LogP contribution < -0.4 is 0 Å². The molecule has 1 heterocycles. The van der Waals surface area contributed by atoms with Gasteiger partial charge in [0.25, 0.3) is 0 Å². The highest BCUT2D eigenvalue weighted by Crippen LogP contribution is 2.39. The predicted octanol–water partition coefficient (Wildman–Crippen LogP) is 5.46. The Kier molecular flexibility index (Phi) is 3.56. The van der Waals surface area contributed by atoms with Crippen LogP contribution in [0.3, 0.4) is 0 Å². The fourth-order valence-electron chi connectivity index (χ4n) is 3.34. The zero-order chi connectivity index (χ0) is 13.6. The van der Waals surface area contributed by atoms with E-state index in [1.165, 1.54) is 24.8 Å². The third-order valence-corrected chi connectivity index (χ3v) is 5.47. The van der Waals surface area contributed by atoms with Crippen LogP contribution in [-0.4, -0.2) is 9.55 Å². The Balaban J connectivity index is 2.16. The monoisotopic (exact) mass is 338 g/mol. The number of fused-ring (bicyclic) bond motifs is 1. The van der Waals surface area contributed by atoms with Crippen LogP contribution >= 0.6 is 28.1 Å². The van der Waals surface area contributed by atoms with Gasteiger partial charge in [0.15, 0.2) is 4.77 Å². The Morgan fingerprint density at radius 2 is 2.11 bits per heavy atom. The van der Waals surface area contributed by atoms with Crippen molar-refractivity contribution >= 4 is 39.2 Å². The number of aromatic nitrogens is 2. The van der Waals surface area contributed by atoms with Gasteiger partial charge in [0, 0.05) is 10.5 Å². The summed E-state index contributed by atoms with van der Waals surface area (Å²) in [5, 5.41) is 0. The first-order chi connectivity index (χ1) is 9.08. The molecule has 3 unspecified atom stereocenters. The van der Waals surface area contributed by atoms with Crippen LogP contribution in [0.15, 0.2) is 22.7 Å². The molecule has 19 heavy (non-hydrogen) atoms. The fourth-order valence-corrected chi connectivity index (χ4v) is 4.03. The van der Waals surface area contributed by atoms with E-state index >= 15 is 0 Å². The second kappa shape index (κ2) is 5.06. The molecule has 3 atom stereocenters.